The highest BCUT2D eigenvalue weighted by Gasteiger charge is 2.19. The molecule has 1 aromatic carbocycles. The van der Waals surface area contributed by atoms with Gasteiger partial charge in [0, 0.05) is 39.7 Å². The Morgan fingerprint density at radius 1 is 1.57 bits per heavy atom. The highest BCUT2D eigenvalue weighted by Crippen LogP contribution is 2.16. The summed E-state index contributed by atoms with van der Waals surface area (Å²) in [6.07, 6.45) is 1.09. The van der Waals surface area contributed by atoms with E-state index >= 15 is 0 Å². The predicted molar refractivity (Wildman–Crippen MR) is 83.2 cm³/mol. The van der Waals surface area contributed by atoms with Crippen LogP contribution in [-0.4, -0.2) is 44.7 Å². The van der Waals surface area contributed by atoms with Crippen LogP contribution in [0.15, 0.2) is 23.2 Å². The van der Waals surface area contributed by atoms with Gasteiger partial charge in [0.05, 0.1) is 11.6 Å². The van der Waals surface area contributed by atoms with Crippen molar-refractivity contribution in [2.75, 3.05) is 33.9 Å². The van der Waals surface area contributed by atoms with E-state index in [0.717, 1.165) is 37.7 Å². The fourth-order valence-corrected chi connectivity index (χ4v) is 2.62. The zero-order valence-corrected chi connectivity index (χ0v) is 13.2. The lowest BCUT2D eigenvalue weighted by atomic mass is 10.1. The van der Waals surface area contributed by atoms with E-state index in [1.165, 1.54) is 6.07 Å². The zero-order chi connectivity index (χ0) is 15.2. The number of benzene rings is 1. The van der Waals surface area contributed by atoms with Gasteiger partial charge in [0.25, 0.3) is 0 Å². The first-order chi connectivity index (χ1) is 10.1. The van der Waals surface area contributed by atoms with Crippen LogP contribution in [0, 0.1) is 11.7 Å². The van der Waals surface area contributed by atoms with E-state index in [4.69, 9.17) is 16.3 Å². The smallest absolute Gasteiger partial charge is 0.193 e. The molecule has 2 rings (SSSR count). The number of hydrogen-bond donors (Lipinski definition) is 1. The SMILES string of the molecule is CN=C(NCc1ccc(F)c(Cl)c1)N(C)CC1CCOC1. The topological polar surface area (TPSA) is 36.9 Å². The van der Waals surface area contributed by atoms with Crippen molar-refractivity contribution in [1.82, 2.24) is 10.2 Å². The molecule has 1 aromatic rings. The van der Waals surface area contributed by atoms with Gasteiger partial charge in [-0.1, -0.05) is 17.7 Å². The third kappa shape index (κ3) is 4.58. The minimum atomic E-state index is -0.400. The highest BCUT2D eigenvalue weighted by molar-refractivity contribution is 6.30. The molecule has 0 spiro atoms. The molecule has 0 aromatic heterocycles. The average molecular weight is 314 g/mol. The summed E-state index contributed by atoms with van der Waals surface area (Å²) in [4.78, 5) is 6.36. The van der Waals surface area contributed by atoms with Crippen molar-refractivity contribution in [2.24, 2.45) is 10.9 Å². The molecule has 116 valence electrons. The van der Waals surface area contributed by atoms with Gasteiger partial charge in [-0.15, -0.1) is 0 Å². The van der Waals surface area contributed by atoms with Crippen LogP contribution in [0.5, 0.6) is 0 Å². The van der Waals surface area contributed by atoms with E-state index < -0.39 is 5.82 Å². The van der Waals surface area contributed by atoms with Crippen molar-refractivity contribution in [3.63, 3.8) is 0 Å². The summed E-state index contributed by atoms with van der Waals surface area (Å²) < 4.78 is 18.5. The minimum absolute atomic E-state index is 0.140. The van der Waals surface area contributed by atoms with Gasteiger partial charge in [0.1, 0.15) is 5.82 Å². The molecular weight excluding hydrogens is 293 g/mol. The molecule has 0 amide bonds. The third-order valence-corrected chi connectivity index (χ3v) is 3.85. The van der Waals surface area contributed by atoms with Crippen molar-refractivity contribution in [1.29, 1.82) is 0 Å². The van der Waals surface area contributed by atoms with Crippen molar-refractivity contribution in [3.05, 3.63) is 34.6 Å². The van der Waals surface area contributed by atoms with Crippen molar-refractivity contribution in [2.45, 2.75) is 13.0 Å². The first kappa shape index (κ1) is 16.0. The maximum absolute atomic E-state index is 13.1. The van der Waals surface area contributed by atoms with Gasteiger partial charge in [0.2, 0.25) is 0 Å². The highest BCUT2D eigenvalue weighted by atomic mass is 35.5. The van der Waals surface area contributed by atoms with Crippen molar-refractivity contribution < 1.29 is 9.13 Å². The monoisotopic (exact) mass is 313 g/mol. The summed E-state index contributed by atoms with van der Waals surface area (Å²) in [6.45, 7) is 3.12. The normalized spacial score (nSPS) is 18.9. The van der Waals surface area contributed by atoms with Crippen molar-refractivity contribution >= 4 is 17.6 Å². The van der Waals surface area contributed by atoms with Gasteiger partial charge in [-0.3, -0.25) is 4.99 Å². The first-order valence-electron chi connectivity index (χ1n) is 7.03. The Labute approximate surface area is 129 Å². The largest absolute Gasteiger partial charge is 0.381 e. The molecule has 1 atom stereocenters. The standard InChI is InChI=1S/C15H21ClFN3O/c1-18-15(20(2)9-12-5-6-21-10-12)19-8-11-3-4-14(17)13(16)7-11/h3-4,7,12H,5-6,8-10H2,1-2H3,(H,18,19). The van der Waals surface area contributed by atoms with Crippen LogP contribution < -0.4 is 5.32 Å². The van der Waals surface area contributed by atoms with E-state index in [9.17, 15) is 4.39 Å². The molecule has 1 unspecified atom stereocenters. The zero-order valence-electron chi connectivity index (χ0n) is 12.4. The Bertz CT molecular complexity index is 504. The van der Waals surface area contributed by atoms with E-state index in [1.807, 2.05) is 7.05 Å². The molecule has 0 bridgehead atoms. The van der Waals surface area contributed by atoms with Crippen LogP contribution in [-0.2, 0) is 11.3 Å². The molecule has 1 aliphatic rings. The van der Waals surface area contributed by atoms with Crippen LogP contribution >= 0.6 is 11.6 Å². The quantitative estimate of drug-likeness (QED) is 0.685. The summed E-state index contributed by atoms with van der Waals surface area (Å²) in [5.41, 5.74) is 0.917. The van der Waals surface area contributed by atoms with Crippen molar-refractivity contribution in [3.8, 4) is 0 Å². The van der Waals surface area contributed by atoms with E-state index in [1.54, 1.807) is 19.2 Å². The van der Waals surface area contributed by atoms with E-state index in [2.05, 4.69) is 15.2 Å². The summed E-state index contributed by atoms with van der Waals surface area (Å²) >= 11 is 5.78. The Hall–Kier alpha value is -1.33. The molecule has 1 aliphatic heterocycles. The van der Waals surface area contributed by atoms with Gasteiger partial charge in [0.15, 0.2) is 5.96 Å². The average Bonchev–Trinajstić information content (AvgIpc) is 2.96. The van der Waals surface area contributed by atoms with Gasteiger partial charge in [-0.2, -0.15) is 0 Å². The molecule has 4 nitrogen and oxygen atoms in total. The number of nitrogens with zero attached hydrogens (tertiary/aromatic N) is 2. The summed E-state index contributed by atoms with van der Waals surface area (Å²) in [5, 5.41) is 3.40. The fourth-order valence-electron chi connectivity index (χ4n) is 2.42. The lowest BCUT2D eigenvalue weighted by Crippen LogP contribution is -2.41. The number of guanidine groups is 1. The number of hydrogen-bond acceptors (Lipinski definition) is 2. The number of nitrogens with one attached hydrogen (secondary N) is 1. The summed E-state index contributed by atoms with van der Waals surface area (Å²) in [6, 6.07) is 4.72. The third-order valence-electron chi connectivity index (χ3n) is 3.56. The Balaban J connectivity index is 1.88. The number of ether oxygens (including phenoxy) is 1. The summed E-state index contributed by atoms with van der Waals surface area (Å²) in [7, 11) is 3.76. The maximum Gasteiger partial charge on any atom is 0.193 e. The molecule has 1 fully saturated rings. The molecule has 0 aliphatic carbocycles. The molecule has 0 radical (unpaired) electrons. The number of aliphatic imine (C=N–C) groups is 1. The second-order valence-electron chi connectivity index (χ2n) is 5.26. The van der Waals surface area contributed by atoms with Gasteiger partial charge in [-0.05, 0) is 24.1 Å². The van der Waals surface area contributed by atoms with Gasteiger partial charge >= 0.3 is 0 Å². The van der Waals surface area contributed by atoms with E-state index in [0.29, 0.717) is 12.5 Å². The first-order valence-corrected chi connectivity index (χ1v) is 7.41. The molecule has 21 heavy (non-hydrogen) atoms. The number of halogens is 2. The molecule has 1 N–H and O–H groups in total. The Morgan fingerprint density at radius 3 is 3.00 bits per heavy atom. The lowest BCUT2D eigenvalue weighted by Gasteiger charge is -2.24. The Morgan fingerprint density at radius 2 is 2.38 bits per heavy atom. The van der Waals surface area contributed by atoms with Crippen LogP contribution in [0.4, 0.5) is 4.39 Å². The molecule has 0 saturated carbocycles. The minimum Gasteiger partial charge on any atom is -0.381 e. The predicted octanol–water partition coefficient (Wildman–Crippen LogP) is 2.52. The fraction of sp³-hybridized carbons (Fsp3) is 0.533. The van der Waals surface area contributed by atoms with Gasteiger partial charge < -0.3 is 15.0 Å². The van der Waals surface area contributed by atoms with Gasteiger partial charge in [-0.25, -0.2) is 4.39 Å². The molecular formula is C15H21ClFN3O. The van der Waals surface area contributed by atoms with Crippen LogP contribution in [0.1, 0.15) is 12.0 Å². The second kappa shape index (κ2) is 7.61. The molecule has 1 heterocycles. The van der Waals surface area contributed by atoms with Crippen LogP contribution in [0.2, 0.25) is 5.02 Å². The lowest BCUT2D eigenvalue weighted by molar-refractivity contribution is 0.181. The Kier molecular flexibility index (Phi) is 5.82. The van der Waals surface area contributed by atoms with Crippen LogP contribution in [0.25, 0.3) is 0 Å². The summed E-state index contributed by atoms with van der Waals surface area (Å²) in [5.74, 6) is 0.958. The van der Waals surface area contributed by atoms with Crippen LogP contribution in [0.3, 0.4) is 0 Å². The number of rotatable bonds is 4. The maximum atomic E-state index is 13.1. The molecule has 1 saturated heterocycles. The van der Waals surface area contributed by atoms with E-state index in [-0.39, 0.29) is 5.02 Å². The molecule has 6 heteroatoms. The second-order valence-corrected chi connectivity index (χ2v) is 5.67.